The van der Waals surface area contributed by atoms with Crippen molar-refractivity contribution in [2.45, 2.75) is 44.5 Å². The summed E-state index contributed by atoms with van der Waals surface area (Å²) in [6.45, 7) is 3.08. The monoisotopic (exact) mass is 529 g/mol. The number of carbonyl (C=O) groups excluding carboxylic acids is 1. The predicted octanol–water partition coefficient (Wildman–Crippen LogP) is 6.80. The van der Waals surface area contributed by atoms with E-state index in [9.17, 15) is 14.7 Å². The van der Waals surface area contributed by atoms with E-state index < -0.39 is 6.09 Å². The van der Waals surface area contributed by atoms with Crippen molar-refractivity contribution in [2.75, 3.05) is 13.1 Å². The highest BCUT2D eigenvalue weighted by Crippen LogP contribution is 2.32. The van der Waals surface area contributed by atoms with Crippen LogP contribution in [0, 0.1) is 0 Å². The van der Waals surface area contributed by atoms with Gasteiger partial charge in [-0.3, -0.25) is 4.79 Å². The highest BCUT2D eigenvalue weighted by molar-refractivity contribution is 7.08. The summed E-state index contributed by atoms with van der Waals surface area (Å²) < 4.78 is 12.0. The van der Waals surface area contributed by atoms with Gasteiger partial charge in [-0.2, -0.15) is 11.3 Å². The van der Waals surface area contributed by atoms with Crippen molar-refractivity contribution in [1.82, 2.24) is 4.90 Å². The number of hydrogen-bond donors (Lipinski definition) is 1. The van der Waals surface area contributed by atoms with Crippen molar-refractivity contribution in [3.63, 3.8) is 0 Å². The van der Waals surface area contributed by atoms with E-state index in [2.05, 4.69) is 30.3 Å². The van der Waals surface area contributed by atoms with Crippen molar-refractivity contribution >= 4 is 34.2 Å². The molecule has 1 aliphatic heterocycles. The van der Waals surface area contributed by atoms with Gasteiger partial charge in [0.25, 0.3) is 0 Å². The Morgan fingerprint density at radius 2 is 1.82 bits per heavy atom. The van der Waals surface area contributed by atoms with E-state index in [0.717, 1.165) is 27.6 Å². The summed E-state index contributed by atoms with van der Waals surface area (Å²) in [5.41, 5.74) is 4.04. The number of thiophene rings is 1. The van der Waals surface area contributed by atoms with Crippen LogP contribution < -0.4 is 0 Å². The van der Waals surface area contributed by atoms with Crippen LogP contribution in [0.25, 0.3) is 10.8 Å². The lowest BCUT2D eigenvalue weighted by atomic mass is 9.86. The van der Waals surface area contributed by atoms with Gasteiger partial charge in [0.1, 0.15) is 6.10 Å². The number of ether oxygens (including phenoxy) is 2. The van der Waals surface area contributed by atoms with Crippen molar-refractivity contribution in [3.05, 3.63) is 106 Å². The van der Waals surface area contributed by atoms with Crippen LogP contribution in [0.4, 0.5) is 4.79 Å². The predicted molar refractivity (Wildman–Crippen MR) is 148 cm³/mol. The lowest BCUT2D eigenvalue weighted by molar-refractivity contribution is -0.147. The Hall–Kier alpha value is -3.68. The molecule has 1 N–H and O–H groups in total. The number of rotatable bonds is 8. The summed E-state index contributed by atoms with van der Waals surface area (Å²) in [5, 5.41) is 15.8. The second-order valence-corrected chi connectivity index (χ2v) is 10.5. The Morgan fingerprint density at radius 3 is 2.55 bits per heavy atom. The van der Waals surface area contributed by atoms with E-state index in [0.29, 0.717) is 26.1 Å². The average molecular weight is 530 g/mol. The first-order valence-electron chi connectivity index (χ1n) is 12.8. The van der Waals surface area contributed by atoms with Gasteiger partial charge >= 0.3 is 12.1 Å². The van der Waals surface area contributed by atoms with Crippen molar-refractivity contribution in [1.29, 1.82) is 0 Å². The summed E-state index contributed by atoms with van der Waals surface area (Å²) in [4.78, 5) is 25.4. The SMILES string of the molecule is CC(OC(=O)Cc1ccsc1)c1ccc(C2CCN(C(=O)O)CC2OCc2ccc3ccccc3c2)cc1. The molecule has 0 bridgehead atoms. The molecule has 1 saturated heterocycles. The van der Waals surface area contributed by atoms with Gasteiger partial charge in [-0.05, 0) is 69.3 Å². The number of carboxylic acid groups (broad SMARTS) is 1. The van der Waals surface area contributed by atoms with Gasteiger partial charge in [0.05, 0.1) is 25.7 Å². The van der Waals surface area contributed by atoms with Crippen LogP contribution in [0.3, 0.4) is 0 Å². The molecular formula is C31H31NO5S. The number of esters is 1. The molecule has 2 heterocycles. The summed E-state index contributed by atoms with van der Waals surface area (Å²) in [5.74, 6) is -0.181. The first kappa shape index (κ1) is 25.9. The topological polar surface area (TPSA) is 76.1 Å². The molecule has 3 unspecified atom stereocenters. The second kappa shape index (κ2) is 11.8. The van der Waals surface area contributed by atoms with Crippen LogP contribution in [0.15, 0.2) is 83.6 Å². The Bertz CT molecular complexity index is 1390. The van der Waals surface area contributed by atoms with E-state index in [-0.39, 0.29) is 30.5 Å². The number of likely N-dealkylation sites (tertiary alicyclic amines) is 1. The average Bonchev–Trinajstić information content (AvgIpc) is 3.44. The van der Waals surface area contributed by atoms with Gasteiger partial charge in [0, 0.05) is 12.5 Å². The van der Waals surface area contributed by atoms with Crippen LogP contribution in [0.2, 0.25) is 0 Å². The number of carbonyl (C=O) groups is 2. The van der Waals surface area contributed by atoms with E-state index in [1.54, 1.807) is 11.3 Å². The maximum absolute atomic E-state index is 12.3. The highest BCUT2D eigenvalue weighted by Gasteiger charge is 2.33. The first-order chi connectivity index (χ1) is 18.5. The summed E-state index contributed by atoms with van der Waals surface area (Å²) in [7, 11) is 0. The van der Waals surface area contributed by atoms with E-state index >= 15 is 0 Å². The largest absolute Gasteiger partial charge is 0.465 e. The third-order valence-corrected chi connectivity index (χ3v) is 7.91. The molecule has 0 radical (unpaired) electrons. The molecule has 3 aromatic carbocycles. The third-order valence-electron chi connectivity index (χ3n) is 7.18. The van der Waals surface area contributed by atoms with Crippen LogP contribution in [-0.4, -0.2) is 41.3 Å². The van der Waals surface area contributed by atoms with Gasteiger partial charge in [-0.1, -0.05) is 60.7 Å². The number of piperidine rings is 1. The van der Waals surface area contributed by atoms with Gasteiger partial charge in [0.2, 0.25) is 0 Å². The Morgan fingerprint density at radius 1 is 1.03 bits per heavy atom. The third kappa shape index (κ3) is 6.23. The molecule has 4 aromatic rings. The molecule has 0 saturated carbocycles. The molecule has 0 aliphatic carbocycles. The lowest BCUT2D eigenvalue weighted by Crippen LogP contribution is -2.46. The van der Waals surface area contributed by atoms with Gasteiger partial charge in [-0.25, -0.2) is 4.79 Å². The van der Waals surface area contributed by atoms with Gasteiger partial charge in [-0.15, -0.1) is 0 Å². The normalized spacial score (nSPS) is 18.3. The molecule has 0 spiro atoms. The van der Waals surface area contributed by atoms with Gasteiger partial charge < -0.3 is 19.5 Å². The number of amides is 1. The van der Waals surface area contributed by atoms with E-state index in [1.807, 2.05) is 60.1 Å². The van der Waals surface area contributed by atoms with Crippen molar-refractivity contribution < 1.29 is 24.2 Å². The standard InChI is InChI=1S/C31H31NO5S/c1-21(37-30(33)17-23-13-15-38-20-23)24-8-10-26(11-9-24)28-12-14-32(31(34)35)18-29(28)36-19-22-6-7-25-4-2-3-5-27(25)16-22/h2-11,13,15-16,20-21,28-29H,12,14,17-19H2,1H3,(H,34,35). The summed E-state index contributed by atoms with van der Waals surface area (Å²) in [6, 6.07) is 24.5. The molecule has 3 atom stereocenters. The molecule has 7 heteroatoms. The molecular weight excluding hydrogens is 498 g/mol. The Kier molecular flexibility index (Phi) is 8.05. The molecule has 6 nitrogen and oxygen atoms in total. The zero-order valence-corrected chi connectivity index (χ0v) is 22.1. The number of fused-ring (bicyclic) bond motifs is 1. The molecule has 1 amide bonds. The smallest absolute Gasteiger partial charge is 0.407 e. The maximum Gasteiger partial charge on any atom is 0.407 e. The quantitative estimate of drug-likeness (QED) is 0.254. The highest BCUT2D eigenvalue weighted by atomic mass is 32.1. The minimum absolute atomic E-state index is 0.0663. The van der Waals surface area contributed by atoms with Crippen molar-refractivity contribution in [3.8, 4) is 0 Å². The Labute approximate surface area is 226 Å². The molecule has 38 heavy (non-hydrogen) atoms. The minimum atomic E-state index is -0.920. The number of hydrogen-bond acceptors (Lipinski definition) is 5. The van der Waals surface area contributed by atoms with Crippen LogP contribution in [-0.2, 0) is 27.3 Å². The minimum Gasteiger partial charge on any atom is -0.465 e. The van der Waals surface area contributed by atoms with Crippen LogP contribution in [0.5, 0.6) is 0 Å². The molecule has 196 valence electrons. The zero-order valence-electron chi connectivity index (χ0n) is 21.3. The van der Waals surface area contributed by atoms with Crippen LogP contribution in [0.1, 0.15) is 47.6 Å². The fourth-order valence-corrected chi connectivity index (χ4v) is 5.72. The summed E-state index contributed by atoms with van der Waals surface area (Å²) in [6.07, 6.45) is -0.595. The maximum atomic E-state index is 12.3. The molecule has 1 aromatic heterocycles. The summed E-state index contributed by atoms with van der Waals surface area (Å²) >= 11 is 1.56. The van der Waals surface area contributed by atoms with E-state index in [1.165, 1.54) is 10.3 Å². The Balaban J connectivity index is 1.26. The molecule has 5 rings (SSSR count). The van der Waals surface area contributed by atoms with E-state index in [4.69, 9.17) is 9.47 Å². The van der Waals surface area contributed by atoms with Crippen molar-refractivity contribution in [2.24, 2.45) is 0 Å². The van der Waals surface area contributed by atoms with Crippen LogP contribution >= 0.6 is 11.3 Å². The molecule has 1 fully saturated rings. The fraction of sp³-hybridized carbons (Fsp3) is 0.290. The zero-order chi connectivity index (χ0) is 26.5. The number of benzene rings is 3. The molecule has 1 aliphatic rings. The first-order valence-corrected chi connectivity index (χ1v) is 13.8. The number of nitrogens with zero attached hydrogens (tertiary/aromatic N) is 1. The van der Waals surface area contributed by atoms with Gasteiger partial charge in [0.15, 0.2) is 0 Å². The lowest BCUT2D eigenvalue weighted by Gasteiger charge is -2.37. The fourth-order valence-electron chi connectivity index (χ4n) is 5.05. The second-order valence-electron chi connectivity index (χ2n) is 9.76.